The Morgan fingerprint density at radius 2 is 2.36 bits per heavy atom. The highest BCUT2D eigenvalue weighted by Crippen LogP contribution is 2.20. The Balaban J connectivity index is 2.73. The topological polar surface area (TPSA) is 71.8 Å². The molecule has 0 spiro atoms. The van der Waals surface area contributed by atoms with Gasteiger partial charge in [0, 0.05) is 0 Å². The second kappa shape index (κ2) is 3.34. The molecule has 2 aromatic rings. The van der Waals surface area contributed by atoms with Gasteiger partial charge in [-0.3, -0.25) is 4.79 Å². The molecule has 1 aromatic heterocycles. The molecule has 14 heavy (non-hydrogen) atoms. The molecule has 1 heterocycles. The summed E-state index contributed by atoms with van der Waals surface area (Å²) >= 11 is 1.50. The lowest BCUT2D eigenvalue weighted by Crippen LogP contribution is -2.11. The van der Waals surface area contributed by atoms with Gasteiger partial charge in [0.05, 0.1) is 11.1 Å². The van der Waals surface area contributed by atoms with Gasteiger partial charge in [-0.05, 0) is 18.4 Å². The van der Waals surface area contributed by atoms with E-state index in [0.717, 1.165) is 10.7 Å². The molecule has 0 aliphatic heterocycles. The van der Waals surface area contributed by atoms with Gasteiger partial charge >= 0.3 is 0 Å². The molecule has 0 bridgehead atoms. The summed E-state index contributed by atoms with van der Waals surface area (Å²) in [4.78, 5) is 18.4. The van der Waals surface area contributed by atoms with E-state index in [1.807, 2.05) is 12.3 Å². The molecule has 2 rings (SSSR count). The third kappa shape index (κ3) is 1.35. The first-order valence-corrected chi connectivity index (χ1v) is 5.27. The van der Waals surface area contributed by atoms with Gasteiger partial charge in [-0.15, -0.1) is 0 Å². The number of benzene rings is 1. The highest BCUT2D eigenvalue weighted by atomic mass is 32.2. The maximum Gasteiger partial charge on any atom is 0.250 e. The number of carbonyl (C=O) groups is 1. The number of thioether (sulfide) groups is 1. The first kappa shape index (κ1) is 9.08. The molecular weight excluding hydrogens is 198 g/mol. The second-order valence-corrected chi connectivity index (χ2v) is 3.61. The normalized spacial score (nSPS) is 10.6. The van der Waals surface area contributed by atoms with Crippen LogP contribution in [0.1, 0.15) is 10.4 Å². The predicted molar refractivity (Wildman–Crippen MR) is 56.4 cm³/mol. The van der Waals surface area contributed by atoms with Crippen LogP contribution in [0.5, 0.6) is 0 Å². The zero-order chi connectivity index (χ0) is 10.1. The number of nitrogens with two attached hydrogens (primary N) is 1. The summed E-state index contributed by atoms with van der Waals surface area (Å²) in [5.41, 5.74) is 7.17. The third-order valence-corrected chi connectivity index (χ3v) is 2.53. The molecule has 0 saturated carbocycles. The number of para-hydroxylation sites is 1. The number of imidazole rings is 1. The first-order valence-electron chi connectivity index (χ1n) is 4.05. The molecule has 3 N–H and O–H groups in total. The van der Waals surface area contributed by atoms with Crippen LogP contribution in [0.25, 0.3) is 11.0 Å². The van der Waals surface area contributed by atoms with Crippen LogP contribution in [0.2, 0.25) is 0 Å². The molecule has 1 aromatic carbocycles. The van der Waals surface area contributed by atoms with Crippen LogP contribution in [0.15, 0.2) is 23.4 Å². The second-order valence-electron chi connectivity index (χ2n) is 2.81. The monoisotopic (exact) mass is 207 g/mol. The highest BCUT2D eigenvalue weighted by molar-refractivity contribution is 7.98. The molecule has 0 unspecified atom stereocenters. The molecular formula is C9H9N3OS. The lowest BCUT2D eigenvalue weighted by atomic mass is 10.2. The number of carbonyl (C=O) groups excluding carboxylic acids is 1. The molecule has 0 aliphatic carbocycles. The van der Waals surface area contributed by atoms with Crippen LogP contribution in [-0.2, 0) is 0 Å². The van der Waals surface area contributed by atoms with Crippen molar-refractivity contribution >= 4 is 28.7 Å². The minimum atomic E-state index is -0.449. The largest absolute Gasteiger partial charge is 0.366 e. The number of nitrogens with one attached hydrogen (secondary N) is 1. The zero-order valence-electron chi connectivity index (χ0n) is 7.57. The van der Waals surface area contributed by atoms with Gasteiger partial charge in [0.25, 0.3) is 5.91 Å². The number of primary amides is 1. The van der Waals surface area contributed by atoms with Crippen molar-refractivity contribution in [1.29, 1.82) is 0 Å². The van der Waals surface area contributed by atoms with Crippen molar-refractivity contribution in [2.75, 3.05) is 6.26 Å². The summed E-state index contributed by atoms with van der Waals surface area (Å²) < 4.78 is 0. The Kier molecular flexibility index (Phi) is 2.17. The fourth-order valence-electron chi connectivity index (χ4n) is 1.31. The SMILES string of the molecule is CSc1nc2c(C(N)=O)cccc2[nH]1. The van der Waals surface area contributed by atoms with Crippen LogP contribution in [0, 0.1) is 0 Å². The maximum atomic E-state index is 11.1. The number of fused-ring (bicyclic) bond motifs is 1. The maximum absolute atomic E-state index is 11.1. The van der Waals surface area contributed by atoms with E-state index in [1.54, 1.807) is 12.1 Å². The lowest BCUT2D eigenvalue weighted by molar-refractivity contribution is 0.100. The van der Waals surface area contributed by atoms with E-state index < -0.39 is 5.91 Å². The van der Waals surface area contributed by atoms with Crippen LogP contribution in [0.4, 0.5) is 0 Å². The fraction of sp³-hybridized carbons (Fsp3) is 0.111. The summed E-state index contributed by atoms with van der Waals surface area (Å²) in [5, 5.41) is 0.786. The minimum Gasteiger partial charge on any atom is -0.366 e. The average molecular weight is 207 g/mol. The molecule has 5 heteroatoms. The zero-order valence-corrected chi connectivity index (χ0v) is 8.39. The first-order chi connectivity index (χ1) is 6.72. The number of aromatic nitrogens is 2. The summed E-state index contributed by atoms with van der Waals surface area (Å²) in [6.45, 7) is 0. The summed E-state index contributed by atoms with van der Waals surface area (Å²) in [6.07, 6.45) is 1.92. The van der Waals surface area contributed by atoms with E-state index in [-0.39, 0.29) is 0 Å². The van der Waals surface area contributed by atoms with Gasteiger partial charge in [-0.1, -0.05) is 17.8 Å². The average Bonchev–Trinajstić information content (AvgIpc) is 2.59. The van der Waals surface area contributed by atoms with Gasteiger partial charge in [0.1, 0.15) is 5.52 Å². The van der Waals surface area contributed by atoms with E-state index >= 15 is 0 Å². The van der Waals surface area contributed by atoms with Crippen molar-refractivity contribution in [3.63, 3.8) is 0 Å². The van der Waals surface area contributed by atoms with E-state index in [9.17, 15) is 4.79 Å². The molecule has 0 radical (unpaired) electrons. The van der Waals surface area contributed by atoms with Gasteiger partial charge in [0.2, 0.25) is 0 Å². The van der Waals surface area contributed by atoms with Crippen LogP contribution in [-0.4, -0.2) is 22.1 Å². The number of hydrogen-bond acceptors (Lipinski definition) is 3. The van der Waals surface area contributed by atoms with Crippen LogP contribution in [0.3, 0.4) is 0 Å². The van der Waals surface area contributed by atoms with Crippen LogP contribution < -0.4 is 5.73 Å². The van der Waals surface area contributed by atoms with Crippen LogP contribution >= 0.6 is 11.8 Å². The van der Waals surface area contributed by atoms with Gasteiger partial charge in [-0.2, -0.15) is 0 Å². The summed E-state index contributed by atoms with van der Waals surface area (Å²) in [7, 11) is 0. The number of H-pyrrole nitrogens is 1. The Morgan fingerprint density at radius 3 is 3.00 bits per heavy atom. The number of hydrogen-bond donors (Lipinski definition) is 2. The van der Waals surface area contributed by atoms with Crippen molar-refractivity contribution < 1.29 is 4.79 Å². The van der Waals surface area contributed by atoms with Gasteiger partial charge in [-0.25, -0.2) is 4.98 Å². The highest BCUT2D eigenvalue weighted by Gasteiger charge is 2.09. The molecule has 72 valence electrons. The molecule has 1 amide bonds. The van der Waals surface area contributed by atoms with Crippen molar-refractivity contribution in [2.24, 2.45) is 5.73 Å². The van der Waals surface area contributed by atoms with Crippen molar-refractivity contribution in [3.8, 4) is 0 Å². The van der Waals surface area contributed by atoms with E-state index in [0.29, 0.717) is 11.1 Å². The smallest absolute Gasteiger partial charge is 0.250 e. The quantitative estimate of drug-likeness (QED) is 0.731. The lowest BCUT2D eigenvalue weighted by Gasteiger charge is -1.94. The molecule has 0 atom stereocenters. The summed E-state index contributed by atoms with van der Waals surface area (Å²) in [5.74, 6) is -0.449. The number of rotatable bonds is 2. The standard InChI is InChI=1S/C9H9N3OS/c1-14-9-11-6-4-2-3-5(8(10)13)7(6)12-9/h2-4H,1H3,(H2,10,13)(H,11,12). The molecule has 0 saturated heterocycles. The summed E-state index contributed by atoms with van der Waals surface area (Å²) in [6, 6.07) is 5.33. The van der Waals surface area contributed by atoms with E-state index in [1.165, 1.54) is 11.8 Å². The Labute approximate surface area is 84.9 Å². The Bertz CT molecular complexity index is 492. The number of aromatic amines is 1. The van der Waals surface area contributed by atoms with E-state index in [2.05, 4.69) is 9.97 Å². The van der Waals surface area contributed by atoms with Gasteiger partial charge in [0.15, 0.2) is 5.16 Å². The number of nitrogens with zero attached hydrogens (tertiary/aromatic N) is 1. The molecule has 0 aliphatic rings. The third-order valence-electron chi connectivity index (χ3n) is 1.95. The molecule has 4 nitrogen and oxygen atoms in total. The van der Waals surface area contributed by atoms with Crippen molar-refractivity contribution in [2.45, 2.75) is 5.16 Å². The molecule has 0 fully saturated rings. The fourth-order valence-corrected chi connectivity index (χ4v) is 1.70. The van der Waals surface area contributed by atoms with Gasteiger partial charge < -0.3 is 10.7 Å². The number of amides is 1. The van der Waals surface area contributed by atoms with Crippen molar-refractivity contribution in [3.05, 3.63) is 23.8 Å². The Hall–Kier alpha value is -1.49. The van der Waals surface area contributed by atoms with Crippen molar-refractivity contribution in [1.82, 2.24) is 9.97 Å². The van der Waals surface area contributed by atoms with E-state index in [4.69, 9.17) is 5.73 Å². The predicted octanol–water partition coefficient (Wildman–Crippen LogP) is 1.38. The minimum absolute atomic E-state index is 0.449. The Morgan fingerprint density at radius 1 is 1.57 bits per heavy atom.